The summed E-state index contributed by atoms with van der Waals surface area (Å²) in [5.74, 6) is 0.381. The summed E-state index contributed by atoms with van der Waals surface area (Å²) >= 11 is 0. The van der Waals surface area contributed by atoms with E-state index >= 15 is 0 Å². The molecule has 0 atom stereocenters. The minimum absolute atomic E-state index is 0.156. The van der Waals surface area contributed by atoms with Crippen LogP contribution >= 0.6 is 0 Å². The van der Waals surface area contributed by atoms with Crippen LogP contribution in [0.1, 0.15) is 15.9 Å². The Bertz CT molecular complexity index is 1160. The molecule has 0 spiro atoms. The fourth-order valence-electron chi connectivity index (χ4n) is 3.89. The highest BCUT2D eigenvalue weighted by Gasteiger charge is 2.25. The van der Waals surface area contributed by atoms with Crippen molar-refractivity contribution < 1.29 is 24.2 Å². The Kier molecular flexibility index (Phi) is 8.85. The molecule has 1 aromatic heterocycles. The fraction of sp³-hybridized carbons (Fsp3) is 0.296. The molecule has 1 aliphatic heterocycles. The number of carbonyl (C=O) groups is 2. The van der Waals surface area contributed by atoms with Gasteiger partial charge in [-0.1, -0.05) is 42.5 Å². The minimum atomic E-state index is -0.344. The van der Waals surface area contributed by atoms with Gasteiger partial charge in [0.05, 0.1) is 31.1 Å². The lowest BCUT2D eigenvalue weighted by Crippen LogP contribution is -2.45. The number of pyridine rings is 1. The molecule has 0 unspecified atom stereocenters. The van der Waals surface area contributed by atoms with E-state index in [4.69, 9.17) is 9.47 Å². The molecule has 4 rings (SSSR count). The van der Waals surface area contributed by atoms with Crippen LogP contribution < -0.4 is 10.1 Å². The number of rotatable bonds is 6. The number of nitrogens with one attached hydrogen (secondary N) is 1. The molecule has 36 heavy (non-hydrogen) atoms. The van der Waals surface area contributed by atoms with Gasteiger partial charge in [0.1, 0.15) is 24.7 Å². The highest BCUT2D eigenvalue weighted by atomic mass is 16.5. The van der Waals surface area contributed by atoms with E-state index in [-0.39, 0.29) is 44.7 Å². The first-order valence-electron chi connectivity index (χ1n) is 11.9. The van der Waals surface area contributed by atoms with E-state index in [9.17, 15) is 14.7 Å². The van der Waals surface area contributed by atoms with Gasteiger partial charge in [0.2, 0.25) is 5.91 Å². The molecule has 2 N–H and O–H groups in total. The van der Waals surface area contributed by atoms with Gasteiger partial charge in [-0.25, -0.2) is 4.98 Å². The van der Waals surface area contributed by atoms with Gasteiger partial charge in [0.15, 0.2) is 0 Å². The summed E-state index contributed by atoms with van der Waals surface area (Å²) in [6.07, 6.45) is 1.60. The number of aliphatic hydroxyl groups excluding tert-OH is 1. The Hall–Kier alpha value is -3.95. The number of aliphatic hydroxyl groups is 1. The minimum Gasteiger partial charge on any atom is -0.489 e. The highest BCUT2D eigenvalue weighted by Crippen LogP contribution is 2.28. The van der Waals surface area contributed by atoms with Crippen molar-refractivity contribution in [3.05, 3.63) is 84.1 Å². The van der Waals surface area contributed by atoms with Crippen molar-refractivity contribution in [2.24, 2.45) is 0 Å². The molecule has 3 aromatic rings. The lowest BCUT2D eigenvalue weighted by atomic mass is 10.2. The number of ether oxygens (including phenoxy) is 2. The summed E-state index contributed by atoms with van der Waals surface area (Å²) in [6.45, 7) is 1.30. The number of carbonyl (C=O) groups excluding carboxylic acids is 2. The third-order valence-corrected chi connectivity index (χ3v) is 5.72. The van der Waals surface area contributed by atoms with E-state index < -0.39 is 0 Å². The Balaban J connectivity index is 1.58. The maximum Gasteiger partial charge on any atom is 0.258 e. The highest BCUT2D eigenvalue weighted by molar-refractivity contribution is 6.01. The van der Waals surface area contributed by atoms with Crippen LogP contribution in [0.25, 0.3) is 0 Å². The second kappa shape index (κ2) is 12.7. The predicted molar refractivity (Wildman–Crippen MR) is 135 cm³/mol. The SMILES string of the molecule is O=C(CN1CCOCCOc2ccccc2Nc2ncccc2C1=O)N(CCO)Cc1ccccc1. The smallest absolute Gasteiger partial charge is 0.258 e. The monoisotopic (exact) mass is 490 g/mol. The van der Waals surface area contributed by atoms with Gasteiger partial charge >= 0.3 is 0 Å². The zero-order valence-corrected chi connectivity index (χ0v) is 20.0. The largest absolute Gasteiger partial charge is 0.489 e. The van der Waals surface area contributed by atoms with E-state index in [1.807, 2.05) is 54.6 Å². The molecule has 188 valence electrons. The van der Waals surface area contributed by atoms with Crippen LogP contribution in [-0.2, 0) is 16.1 Å². The molecule has 0 saturated carbocycles. The molecule has 9 heteroatoms. The Labute approximate surface area is 210 Å². The van der Waals surface area contributed by atoms with Gasteiger partial charge in [-0.15, -0.1) is 0 Å². The molecule has 0 bridgehead atoms. The Morgan fingerprint density at radius 1 is 1.03 bits per heavy atom. The van der Waals surface area contributed by atoms with Gasteiger partial charge in [0.25, 0.3) is 5.91 Å². The van der Waals surface area contributed by atoms with E-state index in [0.717, 1.165) is 5.56 Å². The van der Waals surface area contributed by atoms with Gasteiger partial charge < -0.3 is 29.7 Å². The summed E-state index contributed by atoms with van der Waals surface area (Å²) in [5, 5.41) is 12.8. The molecular weight excluding hydrogens is 460 g/mol. The molecule has 2 amide bonds. The number of nitrogens with zero attached hydrogens (tertiary/aromatic N) is 3. The van der Waals surface area contributed by atoms with Crippen molar-refractivity contribution in [3.63, 3.8) is 0 Å². The van der Waals surface area contributed by atoms with Crippen molar-refractivity contribution in [3.8, 4) is 5.75 Å². The quantitative estimate of drug-likeness (QED) is 0.548. The Morgan fingerprint density at radius 2 is 1.83 bits per heavy atom. The number of hydrogen-bond acceptors (Lipinski definition) is 7. The van der Waals surface area contributed by atoms with Gasteiger partial charge in [-0.3, -0.25) is 9.59 Å². The number of para-hydroxylation sites is 2. The van der Waals surface area contributed by atoms with Crippen molar-refractivity contribution in [2.75, 3.05) is 51.4 Å². The summed E-state index contributed by atoms with van der Waals surface area (Å²) in [5.41, 5.74) is 1.94. The molecule has 0 fully saturated rings. The lowest BCUT2D eigenvalue weighted by molar-refractivity contribution is -0.133. The van der Waals surface area contributed by atoms with Crippen LogP contribution in [0.4, 0.5) is 11.5 Å². The van der Waals surface area contributed by atoms with Crippen LogP contribution in [0, 0.1) is 0 Å². The third-order valence-electron chi connectivity index (χ3n) is 5.72. The molecule has 0 aliphatic carbocycles. The first-order chi connectivity index (χ1) is 17.7. The molecule has 2 heterocycles. The fourth-order valence-corrected chi connectivity index (χ4v) is 3.89. The maximum atomic E-state index is 13.7. The Morgan fingerprint density at radius 3 is 2.67 bits per heavy atom. The lowest BCUT2D eigenvalue weighted by Gasteiger charge is -2.28. The van der Waals surface area contributed by atoms with Crippen LogP contribution in [0.2, 0.25) is 0 Å². The van der Waals surface area contributed by atoms with Crippen LogP contribution in [0.5, 0.6) is 5.75 Å². The third kappa shape index (κ3) is 6.59. The summed E-state index contributed by atoms with van der Waals surface area (Å²) < 4.78 is 11.5. The van der Waals surface area contributed by atoms with E-state index in [2.05, 4.69) is 10.3 Å². The van der Waals surface area contributed by atoms with E-state index in [1.165, 1.54) is 4.90 Å². The van der Waals surface area contributed by atoms with Crippen molar-refractivity contribution in [2.45, 2.75) is 6.54 Å². The average Bonchev–Trinajstić information content (AvgIpc) is 2.91. The molecule has 0 radical (unpaired) electrons. The van der Waals surface area contributed by atoms with Crippen LogP contribution in [0.15, 0.2) is 72.9 Å². The van der Waals surface area contributed by atoms with E-state index in [0.29, 0.717) is 42.6 Å². The second-order valence-corrected chi connectivity index (χ2v) is 8.23. The number of aromatic nitrogens is 1. The first-order valence-corrected chi connectivity index (χ1v) is 11.9. The number of anilines is 2. The molecule has 2 aromatic carbocycles. The zero-order chi connectivity index (χ0) is 25.2. The van der Waals surface area contributed by atoms with Gasteiger partial charge in [0, 0.05) is 25.8 Å². The normalized spacial score (nSPS) is 14.1. The standard InChI is InChI=1S/C27H30N4O5/c32-15-13-30(19-21-7-2-1-3-8-21)25(33)20-31-14-16-35-17-18-36-24-11-5-4-10-23(24)29-26-22(27(31)34)9-6-12-28-26/h1-12,32H,13-20H2,(H,28,29). The molecular formula is C27H30N4O5. The number of hydrogen-bond donors (Lipinski definition) is 2. The zero-order valence-electron chi connectivity index (χ0n) is 20.0. The summed E-state index contributed by atoms with van der Waals surface area (Å²) in [7, 11) is 0. The average molecular weight is 491 g/mol. The number of benzene rings is 2. The van der Waals surface area contributed by atoms with Crippen molar-refractivity contribution in [1.82, 2.24) is 14.8 Å². The second-order valence-electron chi connectivity index (χ2n) is 8.23. The number of amides is 2. The van der Waals surface area contributed by atoms with Crippen molar-refractivity contribution in [1.29, 1.82) is 0 Å². The first kappa shape index (κ1) is 25.2. The molecule has 1 aliphatic rings. The predicted octanol–water partition coefficient (Wildman–Crippen LogP) is 2.70. The molecule has 0 saturated heterocycles. The maximum absolute atomic E-state index is 13.7. The van der Waals surface area contributed by atoms with Crippen molar-refractivity contribution >= 4 is 23.3 Å². The van der Waals surface area contributed by atoms with Gasteiger partial charge in [-0.05, 0) is 29.8 Å². The molecule has 9 nitrogen and oxygen atoms in total. The summed E-state index contributed by atoms with van der Waals surface area (Å²) in [6, 6.07) is 20.3. The number of fused-ring (bicyclic) bond motifs is 2. The van der Waals surface area contributed by atoms with Crippen LogP contribution in [-0.4, -0.2) is 77.8 Å². The van der Waals surface area contributed by atoms with E-state index in [1.54, 1.807) is 23.2 Å². The van der Waals surface area contributed by atoms with Crippen LogP contribution in [0.3, 0.4) is 0 Å². The van der Waals surface area contributed by atoms with Gasteiger partial charge in [-0.2, -0.15) is 0 Å². The topological polar surface area (TPSA) is 104 Å². The summed E-state index contributed by atoms with van der Waals surface area (Å²) in [4.78, 5) is 34.3.